The molecule has 3 aromatic rings. The number of hydrogen-bond acceptors (Lipinski definition) is 9. The molecule has 2 aliphatic rings. The highest BCUT2D eigenvalue weighted by molar-refractivity contribution is 9.10. The molecule has 2 heterocycles. The van der Waals surface area contributed by atoms with E-state index in [1.165, 1.54) is 13.8 Å². The molecular weight excluding hydrogens is 740 g/mol. The van der Waals surface area contributed by atoms with Gasteiger partial charge in [0.15, 0.2) is 0 Å². The zero-order valence-corrected chi connectivity index (χ0v) is 32.1. The highest BCUT2D eigenvalue weighted by Gasteiger charge is 2.50. The fourth-order valence-electron chi connectivity index (χ4n) is 6.96. The van der Waals surface area contributed by atoms with Crippen LogP contribution in [0.2, 0.25) is 5.02 Å². The van der Waals surface area contributed by atoms with Crippen molar-refractivity contribution in [1.29, 1.82) is 0 Å². The Morgan fingerprint density at radius 2 is 1.25 bits per heavy atom. The van der Waals surface area contributed by atoms with Crippen molar-refractivity contribution in [1.82, 2.24) is 0 Å². The first-order chi connectivity index (χ1) is 24.5. The minimum Gasteiger partial charge on any atom is -0.463 e. The molecule has 0 aliphatic carbocycles. The maximum atomic E-state index is 12.0. The van der Waals surface area contributed by atoms with Gasteiger partial charge in [-0.25, -0.2) is 0 Å². The minimum absolute atomic E-state index is 0.0411. The summed E-state index contributed by atoms with van der Waals surface area (Å²) in [6.07, 6.45) is -2.49. The van der Waals surface area contributed by atoms with E-state index < -0.39 is 30.6 Å². The number of hydrogen-bond donors (Lipinski definition) is 0. The summed E-state index contributed by atoms with van der Waals surface area (Å²) < 4.78 is 45.2. The van der Waals surface area contributed by atoms with Gasteiger partial charge in [-0.1, -0.05) is 109 Å². The summed E-state index contributed by atoms with van der Waals surface area (Å²) >= 11 is 9.93. The second-order valence-corrected chi connectivity index (χ2v) is 14.9. The molecule has 51 heavy (non-hydrogen) atoms. The number of carbonyl (C=O) groups is 2. The van der Waals surface area contributed by atoms with Crippen LogP contribution in [0.15, 0.2) is 83.3 Å². The molecule has 0 unspecified atom stereocenters. The predicted octanol–water partition coefficient (Wildman–Crippen LogP) is 8.19. The number of halogens is 2. The van der Waals surface area contributed by atoms with Gasteiger partial charge in [0.2, 0.25) is 6.29 Å². The molecular formula is C40H48BrClO9. The molecule has 0 radical (unpaired) electrons. The third kappa shape index (κ3) is 11.0. The average Bonchev–Trinajstić information content (AvgIpc) is 3.09. The molecule has 0 aromatic heterocycles. The Kier molecular flexibility index (Phi) is 14.4. The first-order valence-corrected chi connectivity index (χ1v) is 18.7. The molecule has 0 spiro atoms. The van der Waals surface area contributed by atoms with Crippen molar-refractivity contribution in [3.8, 4) is 5.75 Å². The lowest BCUT2D eigenvalue weighted by Gasteiger charge is -2.49. The summed E-state index contributed by atoms with van der Waals surface area (Å²) in [7, 11) is 0. The quantitative estimate of drug-likeness (QED) is 0.150. The smallest absolute Gasteiger partial charge is 0.302 e. The van der Waals surface area contributed by atoms with Crippen molar-refractivity contribution >= 4 is 39.5 Å². The molecule has 11 heteroatoms. The van der Waals surface area contributed by atoms with Crippen LogP contribution in [0, 0.1) is 23.7 Å². The summed E-state index contributed by atoms with van der Waals surface area (Å²) in [5, 5.41) is 0.495. The molecule has 10 atom stereocenters. The maximum absolute atomic E-state index is 12.0. The lowest BCUT2D eigenvalue weighted by atomic mass is 9.74. The van der Waals surface area contributed by atoms with Gasteiger partial charge in [0.1, 0.15) is 25.1 Å². The van der Waals surface area contributed by atoms with Gasteiger partial charge in [-0.2, -0.15) is 0 Å². The number of esters is 2. The van der Waals surface area contributed by atoms with Crippen molar-refractivity contribution in [3.63, 3.8) is 0 Å². The number of carbonyl (C=O) groups excluding carboxylic acids is 2. The van der Waals surface area contributed by atoms with Crippen LogP contribution in [0.1, 0.15) is 52.2 Å². The fourth-order valence-corrected chi connectivity index (χ4v) is 7.79. The monoisotopic (exact) mass is 786 g/mol. The largest absolute Gasteiger partial charge is 0.463 e. The molecule has 0 amide bonds. The first-order valence-electron chi connectivity index (χ1n) is 17.5. The SMILES string of the molecule is CC(=O)OC[C@H]1O[C@H](C[C@H]2[C@H](C)[C@@H](COC(C)=O)O[C@H](Oc3cc(Cl)cc(Br)c3)[C@H]2OCc2ccccc2)[C@@H](OCc2ccccc2)[C@@H](C)[C@@H]1C. The van der Waals surface area contributed by atoms with E-state index in [0.717, 1.165) is 15.6 Å². The lowest BCUT2D eigenvalue weighted by molar-refractivity contribution is -0.274. The lowest BCUT2D eigenvalue weighted by Crippen LogP contribution is -2.58. The van der Waals surface area contributed by atoms with Crippen LogP contribution in [0.25, 0.3) is 0 Å². The van der Waals surface area contributed by atoms with Crippen molar-refractivity contribution < 1.29 is 42.7 Å². The van der Waals surface area contributed by atoms with Gasteiger partial charge < -0.3 is 33.2 Å². The van der Waals surface area contributed by atoms with Gasteiger partial charge >= 0.3 is 11.9 Å². The van der Waals surface area contributed by atoms with E-state index in [2.05, 4.69) is 36.7 Å². The number of benzene rings is 3. The van der Waals surface area contributed by atoms with Gasteiger partial charge in [-0.05, 0) is 59.4 Å². The third-order valence-corrected chi connectivity index (χ3v) is 10.7. The molecule has 0 bridgehead atoms. The second-order valence-electron chi connectivity index (χ2n) is 13.6. The molecule has 2 fully saturated rings. The Bertz CT molecular complexity index is 1540. The second kappa shape index (κ2) is 18.7. The molecule has 2 saturated heterocycles. The van der Waals surface area contributed by atoms with Crippen molar-refractivity contribution in [2.45, 2.75) is 91.1 Å². The van der Waals surface area contributed by atoms with Crippen LogP contribution in [-0.4, -0.2) is 62.0 Å². The Labute approximate surface area is 314 Å². The highest BCUT2D eigenvalue weighted by Crippen LogP contribution is 2.43. The van der Waals surface area contributed by atoms with Crippen LogP contribution in [0.5, 0.6) is 5.75 Å². The Morgan fingerprint density at radius 1 is 0.706 bits per heavy atom. The molecule has 276 valence electrons. The zero-order valence-electron chi connectivity index (χ0n) is 29.7. The topological polar surface area (TPSA) is 98.8 Å². The normalized spacial score (nSPS) is 29.2. The highest BCUT2D eigenvalue weighted by atomic mass is 79.9. The molecule has 0 N–H and O–H groups in total. The minimum atomic E-state index is -0.888. The van der Waals surface area contributed by atoms with Crippen LogP contribution in [-0.2, 0) is 51.2 Å². The predicted molar refractivity (Wildman–Crippen MR) is 196 cm³/mol. The number of rotatable bonds is 14. The van der Waals surface area contributed by atoms with E-state index in [4.69, 9.17) is 44.8 Å². The van der Waals surface area contributed by atoms with E-state index in [1.54, 1.807) is 12.1 Å². The maximum Gasteiger partial charge on any atom is 0.302 e. The summed E-state index contributed by atoms with van der Waals surface area (Å²) in [5.74, 6) is -0.510. The van der Waals surface area contributed by atoms with E-state index in [1.807, 2.05) is 66.7 Å². The Balaban J connectivity index is 1.50. The molecule has 0 saturated carbocycles. The van der Waals surface area contributed by atoms with Crippen molar-refractivity contribution in [3.05, 3.63) is 99.5 Å². The third-order valence-electron chi connectivity index (χ3n) is 9.98. The van der Waals surface area contributed by atoms with Crippen molar-refractivity contribution in [2.75, 3.05) is 13.2 Å². The van der Waals surface area contributed by atoms with Gasteiger partial charge in [0.05, 0.1) is 37.6 Å². The molecule has 3 aromatic carbocycles. The van der Waals surface area contributed by atoms with Crippen LogP contribution in [0.3, 0.4) is 0 Å². The zero-order chi connectivity index (χ0) is 36.5. The van der Waals surface area contributed by atoms with E-state index >= 15 is 0 Å². The van der Waals surface area contributed by atoms with Crippen LogP contribution in [0.4, 0.5) is 0 Å². The summed E-state index contributed by atoms with van der Waals surface area (Å²) in [6, 6.07) is 25.3. The van der Waals surface area contributed by atoms with E-state index in [0.29, 0.717) is 30.4 Å². The van der Waals surface area contributed by atoms with Crippen molar-refractivity contribution in [2.24, 2.45) is 23.7 Å². The van der Waals surface area contributed by atoms with Crippen LogP contribution < -0.4 is 4.74 Å². The van der Waals surface area contributed by atoms with E-state index in [9.17, 15) is 9.59 Å². The molecule has 2 aliphatic heterocycles. The van der Waals surface area contributed by atoms with Gasteiger partial charge in [-0.15, -0.1) is 0 Å². The Morgan fingerprint density at radius 3 is 1.80 bits per heavy atom. The Hall–Kier alpha value is -2.99. The van der Waals surface area contributed by atoms with Gasteiger partial charge in [0, 0.05) is 23.3 Å². The summed E-state index contributed by atoms with van der Waals surface area (Å²) in [6.45, 7) is 10.1. The standard InChI is InChI=1S/C40H48BrClO9/c1-24-25(2)38(47-20-29-12-8-6-9-13-29)35(50-36(24)22-45-27(4)43)19-34-26(3)37(23-46-28(5)44)51-40(49-33-17-31(41)16-32(42)18-33)39(34)48-21-30-14-10-7-11-15-30/h6-18,24-26,34-40H,19-23H2,1-5H3/t24-,25-,26-,34-,35+,36+,37+,38-,39-,40-/m0/s1. The van der Waals surface area contributed by atoms with E-state index in [-0.39, 0.29) is 55.1 Å². The average molecular weight is 788 g/mol. The van der Waals surface area contributed by atoms with Crippen LogP contribution >= 0.6 is 27.5 Å². The first kappa shape index (κ1) is 39.2. The summed E-state index contributed by atoms with van der Waals surface area (Å²) in [5.41, 5.74) is 2.06. The molecule has 9 nitrogen and oxygen atoms in total. The summed E-state index contributed by atoms with van der Waals surface area (Å²) in [4.78, 5) is 23.8. The van der Waals surface area contributed by atoms with Gasteiger partial charge in [0.25, 0.3) is 0 Å². The molecule has 5 rings (SSSR count). The fraction of sp³-hybridized carbons (Fsp3) is 0.500. The van der Waals surface area contributed by atoms with Gasteiger partial charge in [-0.3, -0.25) is 9.59 Å². The number of ether oxygens (including phenoxy) is 7.